The van der Waals surface area contributed by atoms with E-state index >= 15 is 0 Å². The van der Waals surface area contributed by atoms with E-state index in [9.17, 15) is 17.6 Å². The molecule has 1 rings (SSSR count). The minimum absolute atomic E-state index is 0.0504. The summed E-state index contributed by atoms with van der Waals surface area (Å²) in [5.41, 5.74) is 0. The molecule has 1 unspecified atom stereocenters. The molecule has 0 heterocycles. The van der Waals surface area contributed by atoms with E-state index < -0.39 is 23.4 Å². The lowest BCUT2D eigenvalue weighted by atomic mass is 10.3. The summed E-state index contributed by atoms with van der Waals surface area (Å²) >= 11 is 5.36. The van der Waals surface area contributed by atoms with Crippen molar-refractivity contribution in [2.45, 2.75) is 11.0 Å². The Morgan fingerprint density at radius 3 is 2.44 bits per heavy atom. The van der Waals surface area contributed by atoms with Crippen molar-refractivity contribution in [1.29, 1.82) is 0 Å². The molecule has 0 aliphatic carbocycles. The summed E-state index contributed by atoms with van der Waals surface area (Å²) in [5.74, 6) is -0.537. The van der Waals surface area contributed by atoms with Gasteiger partial charge in [0.25, 0.3) is 0 Å². The first-order chi connectivity index (χ1) is 7.30. The monoisotopic (exact) mass is 364 g/mol. The van der Waals surface area contributed by atoms with E-state index in [-0.39, 0.29) is 10.2 Å². The second-order valence-electron chi connectivity index (χ2n) is 2.90. The largest absolute Gasteiger partial charge is 0.492 e. The summed E-state index contributed by atoms with van der Waals surface area (Å²) in [4.78, 5) is -1.77. The fraction of sp³-hybridized carbons (Fsp3) is 0.333. The highest BCUT2D eigenvalue weighted by atomic mass is 79.9. The van der Waals surface area contributed by atoms with E-state index in [2.05, 4.69) is 31.9 Å². The van der Waals surface area contributed by atoms with Crippen LogP contribution in [0.25, 0.3) is 0 Å². The summed E-state index contributed by atoms with van der Waals surface area (Å²) in [6, 6.07) is 3.75. The second kappa shape index (κ2) is 5.35. The van der Waals surface area contributed by atoms with Gasteiger partial charge in [0.1, 0.15) is 23.0 Å². The molecule has 90 valence electrons. The van der Waals surface area contributed by atoms with Gasteiger partial charge in [0, 0.05) is 6.07 Å². The molecule has 0 aliphatic heterocycles. The number of halogens is 6. The molecule has 0 N–H and O–H groups in total. The zero-order valence-electron chi connectivity index (χ0n) is 7.69. The lowest BCUT2D eigenvalue weighted by Gasteiger charge is -2.14. The highest BCUT2D eigenvalue weighted by Gasteiger charge is 2.38. The number of rotatable bonds is 3. The van der Waals surface area contributed by atoms with E-state index in [0.29, 0.717) is 0 Å². The minimum Gasteiger partial charge on any atom is -0.492 e. The molecule has 1 atom stereocenters. The summed E-state index contributed by atoms with van der Waals surface area (Å²) in [6.07, 6.45) is -4.38. The van der Waals surface area contributed by atoms with E-state index in [1.54, 1.807) is 0 Å². The van der Waals surface area contributed by atoms with Gasteiger partial charge < -0.3 is 4.74 Å². The van der Waals surface area contributed by atoms with Crippen LogP contribution in [0.5, 0.6) is 5.75 Å². The third kappa shape index (κ3) is 3.93. The molecule has 0 bridgehead atoms. The van der Waals surface area contributed by atoms with Gasteiger partial charge in [-0.25, -0.2) is 4.39 Å². The van der Waals surface area contributed by atoms with Crippen molar-refractivity contribution in [2.24, 2.45) is 0 Å². The van der Waals surface area contributed by atoms with E-state index in [1.807, 2.05) is 0 Å². The Bertz CT molecular complexity index is 367. The smallest absolute Gasteiger partial charge is 0.404 e. The van der Waals surface area contributed by atoms with Crippen LogP contribution in [0.2, 0.25) is 0 Å². The molecule has 0 radical (unpaired) electrons. The summed E-state index contributed by atoms with van der Waals surface area (Å²) in [5, 5.41) is 0. The summed E-state index contributed by atoms with van der Waals surface area (Å²) < 4.78 is 54.3. The second-order valence-corrected chi connectivity index (χ2v) is 4.86. The highest BCUT2D eigenvalue weighted by molar-refractivity contribution is 9.10. The maximum atomic E-state index is 13.0. The predicted molar refractivity (Wildman–Crippen MR) is 58.4 cm³/mol. The van der Waals surface area contributed by atoms with Crippen molar-refractivity contribution in [2.75, 3.05) is 6.61 Å². The molecule has 0 fully saturated rings. The third-order valence-electron chi connectivity index (χ3n) is 1.64. The molecule has 0 saturated carbocycles. The number of ether oxygens (including phenoxy) is 1. The van der Waals surface area contributed by atoms with Gasteiger partial charge in [0.05, 0.1) is 4.47 Å². The average molecular weight is 366 g/mol. The molecule has 1 nitrogen and oxygen atoms in total. The maximum Gasteiger partial charge on any atom is 0.404 e. The first kappa shape index (κ1) is 13.8. The van der Waals surface area contributed by atoms with Crippen molar-refractivity contribution < 1.29 is 22.3 Å². The first-order valence-corrected chi connectivity index (χ1v) is 5.80. The van der Waals surface area contributed by atoms with Crippen LogP contribution in [0.1, 0.15) is 0 Å². The lowest BCUT2D eigenvalue weighted by Crippen LogP contribution is -2.28. The number of alkyl halides is 4. The first-order valence-electron chi connectivity index (χ1n) is 4.09. The van der Waals surface area contributed by atoms with E-state index in [4.69, 9.17) is 4.74 Å². The number of benzene rings is 1. The predicted octanol–water partition coefficient (Wildman–Crippen LogP) is 4.29. The van der Waals surface area contributed by atoms with Crippen molar-refractivity contribution in [3.8, 4) is 5.75 Å². The summed E-state index contributed by atoms with van der Waals surface area (Å²) in [7, 11) is 0. The Hall–Kier alpha value is -0.300. The molecular weight excluding hydrogens is 360 g/mol. The van der Waals surface area contributed by atoms with Gasteiger partial charge in [-0.1, -0.05) is 15.9 Å². The number of hydrogen-bond acceptors (Lipinski definition) is 1. The minimum atomic E-state index is -4.38. The van der Waals surface area contributed by atoms with Crippen LogP contribution in [0.4, 0.5) is 17.6 Å². The maximum absolute atomic E-state index is 13.0. The van der Waals surface area contributed by atoms with Crippen molar-refractivity contribution in [1.82, 2.24) is 0 Å². The normalized spacial score (nSPS) is 13.6. The Balaban J connectivity index is 2.58. The van der Waals surface area contributed by atoms with Gasteiger partial charge >= 0.3 is 6.18 Å². The van der Waals surface area contributed by atoms with Gasteiger partial charge in [0.2, 0.25) is 0 Å². The van der Waals surface area contributed by atoms with Gasteiger partial charge in [-0.05, 0) is 28.1 Å². The van der Waals surface area contributed by atoms with Gasteiger partial charge in [-0.15, -0.1) is 0 Å². The fourth-order valence-electron chi connectivity index (χ4n) is 0.831. The topological polar surface area (TPSA) is 9.23 Å². The molecule has 0 spiro atoms. The third-order valence-corrected chi connectivity index (χ3v) is 3.07. The van der Waals surface area contributed by atoms with Crippen LogP contribution in [-0.4, -0.2) is 17.6 Å². The van der Waals surface area contributed by atoms with Crippen LogP contribution < -0.4 is 4.74 Å². The molecule has 0 saturated heterocycles. The molecule has 16 heavy (non-hydrogen) atoms. The van der Waals surface area contributed by atoms with Gasteiger partial charge in [-0.2, -0.15) is 13.2 Å². The summed E-state index contributed by atoms with van der Waals surface area (Å²) in [6.45, 7) is -0.607. The molecule has 1 aromatic carbocycles. The lowest BCUT2D eigenvalue weighted by molar-refractivity contribution is -0.132. The van der Waals surface area contributed by atoms with E-state index in [1.165, 1.54) is 12.1 Å². The Labute approximate surface area is 106 Å². The molecule has 1 aromatic rings. The SMILES string of the molecule is Fc1cc(OCC(Br)C(F)(F)F)ccc1Br. The Kier molecular flexibility index (Phi) is 4.61. The molecule has 7 heteroatoms. The number of hydrogen-bond donors (Lipinski definition) is 0. The highest BCUT2D eigenvalue weighted by Crippen LogP contribution is 2.27. The molecule has 0 aromatic heterocycles. The molecule has 0 aliphatic rings. The zero-order valence-corrected chi connectivity index (χ0v) is 10.9. The van der Waals surface area contributed by atoms with Crippen LogP contribution in [0, 0.1) is 5.82 Å². The van der Waals surface area contributed by atoms with Crippen LogP contribution in [-0.2, 0) is 0 Å². The van der Waals surface area contributed by atoms with Crippen molar-refractivity contribution in [3.63, 3.8) is 0 Å². The van der Waals surface area contributed by atoms with Crippen LogP contribution in [0.3, 0.4) is 0 Å². The zero-order chi connectivity index (χ0) is 12.3. The Morgan fingerprint density at radius 1 is 1.31 bits per heavy atom. The average Bonchev–Trinajstić information content (AvgIpc) is 2.18. The molecule has 0 amide bonds. The van der Waals surface area contributed by atoms with Crippen LogP contribution in [0.15, 0.2) is 22.7 Å². The van der Waals surface area contributed by atoms with E-state index in [0.717, 1.165) is 6.07 Å². The van der Waals surface area contributed by atoms with Gasteiger partial charge in [-0.3, -0.25) is 0 Å². The van der Waals surface area contributed by atoms with Gasteiger partial charge in [0.15, 0.2) is 0 Å². The quantitative estimate of drug-likeness (QED) is 0.573. The fourth-order valence-corrected chi connectivity index (χ4v) is 1.21. The molecular formula is C9H6Br2F4O. The van der Waals surface area contributed by atoms with Crippen molar-refractivity contribution in [3.05, 3.63) is 28.5 Å². The Morgan fingerprint density at radius 2 is 1.94 bits per heavy atom. The van der Waals surface area contributed by atoms with Crippen LogP contribution >= 0.6 is 31.9 Å². The standard InChI is InChI=1S/C9H6Br2F4O/c10-6-2-1-5(3-7(6)12)16-4-8(11)9(13,14)15/h1-3,8H,4H2. The van der Waals surface area contributed by atoms with Crippen molar-refractivity contribution >= 4 is 31.9 Å².